The van der Waals surface area contributed by atoms with Gasteiger partial charge in [-0.25, -0.2) is 14.8 Å². The number of amides is 1. The van der Waals surface area contributed by atoms with Gasteiger partial charge in [0.25, 0.3) is 0 Å². The fourth-order valence-electron chi connectivity index (χ4n) is 5.26. The molecule has 4 atom stereocenters. The second-order valence-corrected chi connectivity index (χ2v) is 8.81. The molecule has 1 aromatic carbocycles. The molecule has 170 valence electrons. The van der Waals surface area contributed by atoms with Crippen LogP contribution < -0.4 is 16.0 Å². The highest BCUT2D eigenvalue weighted by Gasteiger charge is 2.47. The van der Waals surface area contributed by atoms with E-state index in [1.165, 1.54) is 5.69 Å². The molecule has 3 heterocycles. The molecule has 1 aliphatic heterocycles. The molecule has 4 N–H and O–H groups in total. The van der Waals surface area contributed by atoms with Crippen LogP contribution in [0.5, 0.6) is 0 Å². The van der Waals surface area contributed by atoms with Gasteiger partial charge in [0.1, 0.15) is 17.4 Å². The molecule has 1 saturated carbocycles. The summed E-state index contributed by atoms with van der Waals surface area (Å²) in [6.07, 6.45) is 5.98. The second kappa shape index (κ2) is 8.08. The number of imidazole rings is 1. The summed E-state index contributed by atoms with van der Waals surface area (Å²) in [6.45, 7) is 3.33. The number of nitrogens with two attached hydrogens (primary N) is 1. The topological polar surface area (TPSA) is 118 Å². The number of aromatic nitrogens is 3. The molecule has 9 heteroatoms. The molecule has 1 amide bonds. The average Bonchev–Trinajstić information content (AvgIpc) is 3.56. The molecule has 3 aliphatic rings. The molecule has 33 heavy (non-hydrogen) atoms. The number of fused-ring (bicyclic) bond motifs is 3. The lowest BCUT2D eigenvalue weighted by Gasteiger charge is -2.29. The molecule has 2 aliphatic carbocycles. The Morgan fingerprint density at radius 1 is 1.15 bits per heavy atom. The summed E-state index contributed by atoms with van der Waals surface area (Å²) in [5.74, 6) is 1.25. The van der Waals surface area contributed by atoms with Crippen molar-refractivity contribution in [1.82, 2.24) is 15.0 Å². The first-order valence-corrected chi connectivity index (χ1v) is 11.3. The van der Waals surface area contributed by atoms with Crippen molar-refractivity contribution < 1.29 is 14.3 Å². The van der Waals surface area contributed by atoms with Crippen LogP contribution in [-0.4, -0.2) is 59.5 Å². The van der Waals surface area contributed by atoms with Crippen molar-refractivity contribution in [2.24, 2.45) is 17.6 Å². The second-order valence-electron chi connectivity index (χ2n) is 8.81. The number of carbonyl (C=O) groups is 1. The van der Waals surface area contributed by atoms with E-state index in [4.69, 9.17) is 20.2 Å². The number of nitrogens with one attached hydrogen (secondary N) is 2. The van der Waals surface area contributed by atoms with Crippen LogP contribution in [0.15, 0.2) is 48.7 Å². The number of aromatic amines is 1. The predicted octanol–water partition coefficient (Wildman–Crippen LogP) is 2.91. The summed E-state index contributed by atoms with van der Waals surface area (Å²) in [6, 6.07) is 10.3. The summed E-state index contributed by atoms with van der Waals surface area (Å²) >= 11 is 0. The molecule has 6 rings (SSSR count). The van der Waals surface area contributed by atoms with E-state index in [1.807, 2.05) is 6.07 Å². The number of pyridine rings is 1. The number of benzene rings is 1. The first kappa shape index (κ1) is 20.0. The van der Waals surface area contributed by atoms with Crippen LogP contribution in [0.1, 0.15) is 6.42 Å². The zero-order chi connectivity index (χ0) is 22.4. The van der Waals surface area contributed by atoms with E-state index in [-0.39, 0.29) is 24.0 Å². The van der Waals surface area contributed by atoms with E-state index in [1.54, 1.807) is 6.20 Å². The third-order valence-electron chi connectivity index (χ3n) is 6.87. The number of hydrogen-bond donors (Lipinski definition) is 3. The van der Waals surface area contributed by atoms with Crippen LogP contribution in [0, 0.1) is 11.8 Å². The lowest BCUT2D eigenvalue weighted by Crippen LogP contribution is -2.41. The Morgan fingerprint density at radius 2 is 1.94 bits per heavy atom. The Balaban J connectivity index is 1.26. The molecular formula is C24H26N6O3. The van der Waals surface area contributed by atoms with E-state index in [0.717, 1.165) is 55.3 Å². The van der Waals surface area contributed by atoms with Crippen LogP contribution >= 0.6 is 0 Å². The molecule has 0 unspecified atom stereocenters. The largest absolute Gasteiger partial charge is 0.444 e. The van der Waals surface area contributed by atoms with Gasteiger partial charge in [0, 0.05) is 42.4 Å². The zero-order valence-electron chi connectivity index (χ0n) is 18.1. The Bertz CT molecular complexity index is 1200. The van der Waals surface area contributed by atoms with Gasteiger partial charge in [-0.1, -0.05) is 12.2 Å². The number of morpholine rings is 1. The lowest BCUT2D eigenvalue weighted by molar-refractivity contribution is 0.0854. The highest BCUT2D eigenvalue weighted by molar-refractivity contribution is 5.88. The van der Waals surface area contributed by atoms with Crippen molar-refractivity contribution in [3.63, 3.8) is 0 Å². The summed E-state index contributed by atoms with van der Waals surface area (Å²) < 4.78 is 10.9. The number of ether oxygens (including phenoxy) is 2. The molecule has 9 nitrogen and oxygen atoms in total. The minimum atomic E-state index is -0.739. The van der Waals surface area contributed by atoms with Crippen LogP contribution in [0.4, 0.5) is 16.2 Å². The van der Waals surface area contributed by atoms with Gasteiger partial charge in [0.05, 0.1) is 24.9 Å². The molecule has 2 fully saturated rings. The van der Waals surface area contributed by atoms with Crippen LogP contribution in [-0.2, 0) is 9.47 Å². The SMILES string of the molecule is NC(=O)O[C@@H]1[C@H](Nc2ccnc3nc(-c4ccc(N5CCOCC5)cc4)[nH]c23)[C@H]2C=C[C@@H]1C2. The Morgan fingerprint density at radius 3 is 2.73 bits per heavy atom. The van der Waals surface area contributed by atoms with Crippen LogP contribution in [0.3, 0.4) is 0 Å². The molecule has 1 saturated heterocycles. The average molecular weight is 447 g/mol. The van der Waals surface area contributed by atoms with E-state index in [0.29, 0.717) is 5.65 Å². The molecule has 0 radical (unpaired) electrons. The van der Waals surface area contributed by atoms with Gasteiger partial charge in [0.2, 0.25) is 0 Å². The minimum absolute atomic E-state index is 0.0438. The number of anilines is 2. The number of H-pyrrole nitrogens is 1. The number of nitrogens with zero attached hydrogens (tertiary/aromatic N) is 3. The fraction of sp³-hybridized carbons (Fsp3) is 0.375. The lowest BCUT2D eigenvalue weighted by atomic mass is 9.98. The quantitative estimate of drug-likeness (QED) is 0.516. The van der Waals surface area contributed by atoms with Crippen LogP contribution in [0.25, 0.3) is 22.6 Å². The van der Waals surface area contributed by atoms with Gasteiger partial charge in [0.15, 0.2) is 5.65 Å². The summed E-state index contributed by atoms with van der Waals surface area (Å²) in [5.41, 5.74) is 9.85. The Hall–Kier alpha value is -3.59. The van der Waals surface area contributed by atoms with E-state index in [9.17, 15) is 4.79 Å². The molecular weight excluding hydrogens is 420 g/mol. The van der Waals surface area contributed by atoms with Crippen molar-refractivity contribution in [3.8, 4) is 11.4 Å². The summed E-state index contributed by atoms with van der Waals surface area (Å²) in [4.78, 5) is 26.4. The maximum absolute atomic E-state index is 11.4. The van der Waals surface area contributed by atoms with Gasteiger partial charge >= 0.3 is 6.09 Å². The first-order valence-electron chi connectivity index (χ1n) is 11.3. The van der Waals surface area contributed by atoms with Crippen molar-refractivity contribution in [2.75, 3.05) is 36.5 Å². The van der Waals surface area contributed by atoms with Crippen molar-refractivity contribution in [2.45, 2.75) is 18.6 Å². The first-order chi connectivity index (χ1) is 16.2. The van der Waals surface area contributed by atoms with Gasteiger partial charge < -0.3 is 30.4 Å². The van der Waals surface area contributed by atoms with E-state index in [2.05, 4.69) is 56.6 Å². The smallest absolute Gasteiger partial charge is 0.404 e. The molecule has 3 aromatic rings. The monoisotopic (exact) mass is 446 g/mol. The zero-order valence-corrected chi connectivity index (χ0v) is 18.1. The fourth-order valence-corrected chi connectivity index (χ4v) is 5.26. The summed E-state index contributed by atoms with van der Waals surface area (Å²) in [7, 11) is 0. The normalized spacial score (nSPS) is 26.1. The molecule has 2 aromatic heterocycles. The minimum Gasteiger partial charge on any atom is -0.444 e. The van der Waals surface area contributed by atoms with Gasteiger partial charge in [-0.15, -0.1) is 0 Å². The highest BCUT2D eigenvalue weighted by Crippen LogP contribution is 2.43. The maximum Gasteiger partial charge on any atom is 0.404 e. The summed E-state index contributed by atoms with van der Waals surface area (Å²) in [5, 5.41) is 3.57. The van der Waals surface area contributed by atoms with Crippen LogP contribution in [0.2, 0.25) is 0 Å². The van der Waals surface area contributed by atoms with Crippen molar-refractivity contribution >= 4 is 28.6 Å². The Kier molecular flexibility index (Phi) is 4.91. The third kappa shape index (κ3) is 3.68. The van der Waals surface area contributed by atoms with E-state index >= 15 is 0 Å². The van der Waals surface area contributed by atoms with Gasteiger partial charge in [-0.2, -0.15) is 0 Å². The predicted molar refractivity (Wildman–Crippen MR) is 125 cm³/mol. The number of hydrogen-bond acceptors (Lipinski definition) is 7. The number of primary amides is 1. The highest BCUT2D eigenvalue weighted by atomic mass is 16.6. The molecule has 0 spiro atoms. The molecule has 2 bridgehead atoms. The van der Waals surface area contributed by atoms with Crippen molar-refractivity contribution in [3.05, 3.63) is 48.7 Å². The Labute approximate surface area is 191 Å². The third-order valence-corrected chi connectivity index (χ3v) is 6.87. The van der Waals surface area contributed by atoms with Crippen molar-refractivity contribution in [1.29, 1.82) is 0 Å². The standard InChI is InChI=1S/C24H26N6O3/c25-24(31)33-21-16-2-1-15(13-16)19(21)27-18-7-8-26-23-20(18)28-22(29-23)14-3-5-17(6-4-14)30-9-11-32-12-10-30/h1-8,15-16,19,21H,9-13H2,(H2,25,31)(H2,26,27,28,29)/t15-,16+,19+,21-/m0/s1. The van der Waals surface area contributed by atoms with Gasteiger partial charge in [-0.3, -0.25) is 0 Å². The van der Waals surface area contributed by atoms with E-state index < -0.39 is 6.09 Å². The maximum atomic E-state index is 11.4. The van der Waals surface area contributed by atoms with Gasteiger partial charge in [-0.05, 0) is 36.8 Å². The number of rotatable bonds is 5. The number of carbonyl (C=O) groups excluding carboxylic acids is 1.